The number of anilines is 1. The second-order valence-corrected chi connectivity index (χ2v) is 10.3. The Hall–Kier alpha value is -3.42. The minimum absolute atomic E-state index is 0.408. The van der Waals surface area contributed by atoms with Gasteiger partial charge in [0.25, 0.3) is 0 Å². The van der Waals surface area contributed by atoms with Gasteiger partial charge in [-0.05, 0) is 118 Å². The molecule has 0 aromatic heterocycles. The Bertz CT molecular complexity index is 1150. The summed E-state index contributed by atoms with van der Waals surface area (Å²) in [6, 6.07) is 23.4. The van der Waals surface area contributed by atoms with Crippen molar-refractivity contribution >= 4 is 5.69 Å². The molecule has 1 N–H and O–H groups in total. The molecule has 0 saturated carbocycles. The van der Waals surface area contributed by atoms with E-state index in [1.165, 1.54) is 79.7 Å². The van der Waals surface area contributed by atoms with Gasteiger partial charge >= 0.3 is 0 Å². The van der Waals surface area contributed by atoms with E-state index in [9.17, 15) is 5.11 Å². The summed E-state index contributed by atoms with van der Waals surface area (Å²) in [4.78, 5) is 4.94. The molecule has 208 valence electrons. The maximum Gasteiger partial charge on any atom is 0.120 e. The third-order valence-electron chi connectivity index (χ3n) is 7.99. The molecule has 1 heterocycles. The molecule has 1 saturated heterocycles. The fourth-order valence-corrected chi connectivity index (χ4v) is 5.61. The standard InChI is InChI=1S/C23H32N2O.C10H12O.C2H2/c1-4-24-15-13-21(14-16-24)20-11-9-19(10-12-20)18-25(5-2)22-7-6-8-23(17-22)26-3;11-10-6-5-8-3-1-2-4-9(8)7-10;1-2/h6-12,17,21H,4-5,13-16,18H2,1-3H3;5-7,11H,1-4H2;1-2H. The Morgan fingerprint density at radius 1 is 0.897 bits per heavy atom. The highest BCUT2D eigenvalue weighted by atomic mass is 16.5. The van der Waals surface area contributed by atoms with Gasteiger partial charge in [-0.2, -0.15) is 0 Å². The van der Waals surface area contributed by atoms with Gasteiger partial charge in [-0.15, -0.1) is 12.8 Å². The number of hydrogen-bond acceptors (Lipinski definition) is 4. The summed E-state index contributed by atoms with van der Waals surface area (Å²) in [5.74, 6) is 2.05. The smallest absolute Gasteiger partial charge is 0.120 e. The molecule has 0 spiro atoms. The van der Waals surface area contributed by atoms with Crippen molar-refractivity contribution < 1.29 is 9.84 Å². The van der Waals surface area contributed by atoms with Crippen LogP contribution in [-0.2, 0) is 19.4 Å². The van der Waals surface area contributed by atoms with Gasteiger partial charge < -0.3 is 19.6 Å². The van der Waals surface area contributed by atoms with E-state index in [2.05, 4.69) is 79.0 Å². The van der Waals surface area contributed by atoms with Crippen LogP contribution in [0.2, 0.25) is 0 Å². The van der Waals surface area contributed by atoms with Crippen molar-refractivity contribution in [3.63, 3.8) is 0 Å². The number of likely N-dealkylation sites (tertiary alicyclic amines) is 1. The summed E-state index contributed by atoms with van der Waals surface area (Å²) in [6.45, 7) is 10.0. The normalized spacial score (nSPS) is 15.1. The van der Waals surface area contributed by atoms with Crippen molar-refractivity contribution in [2.75, 3.05) is 38.2 Å². The van der Waals surface area contributed by atoms with Crippen LogP contribution in [0.25, 0.3) is 0 Å². The van der Waals surface area contributed by atoms with Crippen LogP contribution in [-0.4, -0.2) is 43.3 Å². The number of rotatable bonds is 7. The van der Waals surface area contributed by atoms with Crippen LogP contribution in [0.4, 0.5) is 5.69 Å². The summed E-state index contributed by atoms with van der Waals surface area (Å²) < 4.78 is 5.37. The maximum absolute atomic E-state index is 9.19. The van der Waals surface area contributed by atoms with E-state index in [0.29, 0.717) is 5.75 Å². The van der Waals surface area contributed by atoms with Crippen molar-refractivity contribution in [2.45, 2.75) is 64.8 Å². The summed E-state index contributed by atoms with van der Waals surface area (Å²) in [7, 11) is 1.72. The third kappa shape index (κ3) is 8.80. The number of nitrogens with zero attached hydrogens (tertiary/aromatic N) is 2. The molecule has 4 nitrogen and oxygen atoms in total. The lowest BCUT2D eigenvalue weighted by Gasteiger charge is -2.31. The van der Waals surface area contributed by atoms with Crippen LogP contribution in [0.5, 0.6) is 11.5 Å². The van der Waals surface area contributed by atoms with Crippen molar-refractivity contribution in [1.29, 1.82) is 0 Å². The molecule has 0 bridgehead atoms. The van der Waals surface area contributed by atoms with Gasteiger partial charge in [0, 0.05) is 24.8 Å². The predicted octanol–water partition coefficient (Wildman–Crippen LogP) is 7.44. The Kier molecular flexibility index (Phi) is 12.3. The van der Waals surface area contributed by atoms with Gasteiger partial charge in [-0.25, -0.2) is 0 Å². The van der Waals surface area contributed by atoms with Gasteiger partial charge in [0.1, 0.15) is 11.5 Å². The molecule has 0 unspecified atom stereocenters. The zero-order valence-electron chi connectivity index (χ0n) is 24.1. The largest absolute Gasteiger partial charge is 0.508 e. The fraction of sp³-hybridized carbons (Fsp3) is 0.429. The highest BCUT2D eigenvalue weighted by Crippen LogP contribution is 2.29. The van der Waals surface area contributed by atoms with Gasteiger partial charge in [-0.1, -0.05) is 43.3 Å². The SMILES string of the molecule is C#C.CCN1CCC(c2ccc(CN(CC)c3cccc(OC)c3)cc2)CC1.Oc1ccc2c(c1)CCCC2. The minimum atomic E-state index is 0.408. The number of phenolic OH excluding ortho intramolecular Hbond substituents is 1. The lowest BCUT2D eigenvalue weighted by atomic mass is 9.89. The molecule has 3 aromatic carbocycles. The highest BCUT2D eigenvalue weighted by molar-refractivity contribution is 5.51. The van der Waals surface area contributed by atoms with E-state index in [1.54, 1.807) is 13.2 Å². The van der Waals surface area contributed by atoms with Crippen LogP contribution in [0.3, 0.4) is 0 Å². The van der Waals surface area contributed by atoms with Gasteiger partial charge in [0.2, 0.25) is 0 Å². The van der Waals surface area contributed by atoms with Crippen molar-refractivity contribution in [3.05, 3.63) is 89.0 Å². The third-order valence-corrected chi connectivity index (χ3v) is 7.99. The molecular weight excluding hydrogens is 480 g/mol. The highest BCUT2D eigenvalue weighted by Gasteiger charge is 2.19. The van der Waals surface area contributed by atoms with E-state index in [1.807, 2.05) is 18.2 Å². The Morgan fingerprint density at radius 3 is 2.23 bits per heavy atom. The van der Waals surface area contributed by atoms with Crippen LogP contribution >= 0.6 is 0 Å². The molecule has 39 heavy (non-hydrogen) atoms. The number of aryl methyl sites for hydroxylation is 2. The molecule has 0 radical (unpaired) electrons. The van der Waals surface area contributed by atoms with Crippen LogP contribution in [0, 0.1) is 12.8 Å². The molecule has 1 fully saturated rings. The summed E-state index contributed by atoms with van der Waals surface area (Å²) in [5, 5.41) is 9.19. The van der Waals surface area contributed by atoms with Gasteiger partial charge in [-0.3, -0.25) is 0 Å². The molecular formula is C35H46N2O2. The predicted molar refractivity (Wildman–Crippen MR) is 165 cm³/mol. The monoisotopic (exact) mass is 526 g/mol. The van der Waals surface area contributed by atoms with Crippen molar-refractivity contribution in [3.8, 4) is 24.3 Å². The minimum Gasteiger partial charge on any atom is -0.508 e. The zero-order chi connectivity index (χ0) is 28.0. The lowest BCUT2D eigenvalue weighted by molar-refractivity contribution is 0.222. The average molecular weight is 527 g/mol. The number of benzene rings is 3. The summed E-state index contributed by atoms with van der Waals surface area (Å²) in [5.41, 5.74) is 6.85. The summed E-state index contributed by atoms with van der Waals surface area (Å²) >= 11 is 0. The zero-order valence-corrected chi connectivity index (χ0v) is 24.1. The van der Waals surface area contributed by atoms with E-state index < -0.39 is 0 Å². The molecule has 3 aromatic rings. The number of methoxy groups -OCH3 is 1. The number of phenols is 1. The number of hydrogen-bond donors (Lipinski definition) is 1. The lowest BCUT2D eigenvalue weighted by Crippen LogP contribution is -2.32. The van der Waals surface area contributed by atoms with Gasteiger partial charge in [0.05, 0.1) is 7.11 Å². The number of terminal acetylenes is 1. The molecule has 0 atom stereocenters. The maximum atomic E-state index is 9.19. The number of piperidine rings is 1. The second-order valence-electron chi connectivity index (χ2n) is 10.3. The number of fused-ring (bicyclic) bond motifs is 1. The average Bonchev–Trinajstić information content (AvgIpc) is 3.01. The first-order chi connectivity index (χ1) is 19.1. The van der Waals surface area contributed by atoms with Crippen molar-refractivity contribution in [1.82, 2.24) is 4.90 Å². The van der Waals surface area contributed by atoms with E-state index in [-0.39, 0.29) is 0 Å². The molecule has 0 amide bonds. The molecule has 5 rings (SSSR count). The topological polar surface area (TPSA) is 35.9 Å². The van der Waals surface area contributed by atoms with Crippen LogP contribution in [0.15, 0.2) is 66.7 Å². The molecule has 1 aliphatic carbocycles. The first kappa shape index (κ1) is 30.1. The summed E-state index contributed by atoms with van der Waals surface area (Å²) in [6.07, 6.45) is 15.5. The fourth-order valence-electron chi connectivity index (χ4n) is 5.61. The van der Waals surface area contributed by atoms with Crippen LogP contribution in [0.1, 0.15) is 67.7 Å². The van der Waals surface area contributed by atoms with E-state index in [4.69, 9.17) is 4.74 Å². The van der Waals surface area contributed by atoms with E-state index >= 15 is 0 Å². The molecule has 1 aliphatic heterocycles. The Labute approximate surface area is 236 Å². The van der Waals surface area contributed by atoms with Crippen LogP contribution < -0.4 is 9.64 Å². The number of aromatic hydroxyl groups is 1. The molecule has 2 aliphatic rings. The first-order valence-corrected chi connectivity index (χ1v) is 14.4. The van der Waals surface area contributed by atoms with Crippen molar-refractivity contribution in [2.24, 2.45) is 0 Å². The van der Waals surface area contributed by atoms with Gasteiger partial charge in [0.15, 0.2) is 0 Å². The first-order valence-electron chi connectivity index (χ1n) is 14.4. The Balaban J connectivity index is 0.000000267. The quantitative estimate of drug-likeness (QED) is 0.325. The molecule has 4 heteroatoms. The number of ether oxygens (including phenoxy) is 1. The van der Waals surface area contributed by atoms with E-state index in [0.717, 1.165) is 31.2 Å². The Morgan fingerprint density at radius 2 is 1.59 bits per heavy atom. The second kappa shape index (κ2) is 15.9.